The third kappa shape index (κ3) is 2.26. The Labute approximate surface area is 73.2 Å². The van der Waals surface area contributed by atoms with Gasteiger partial charge in [-0.15, -0.1) is 0 Å². The van der Waals surface area contributed by atoms with E-state index in [2.05, 4.69) is 27.4 Å². The molecule has 0 aliphatic rings. The van der Waals surface area contributed by atoms with Crippen LogP contribution in [0.3, 0.4) is 0 Å². The van der Waals surface area contributed by atoms with E-state index in [1.807, 2.05) is 0 Å². The summed E-state index contributed by atoms with van der Waals surface area (Å²) in [5.41, 5.74) is 0. The Hall–Kier alpha value is 0.0829. The van der Waals surface area contributed by atoms with Gasteiger partial charge < -0.3 is 0 Å². The van der Waals surface area contributed by atoms with Crippen LogP contribution >= 0.6 is 0 Å². The molecule has 0 radical (unpaired) electrons. The van der Waals surface area contributed by atoms with Crippen LogP contribution in [0.5, 0.6) is 0 Å². The van der Waals surface area contributed by atoms with E-state index >= 15 is 0 Å². The third-order valence-electron chi connectivity index (χ3n) is 2.87. The molecule has 0 rings (SSSR count). The van der Waals surface area contributed by atoms with Crippen LogP contribution in [0, 0.1) is 0 Å². The summed E-state index contributed by atoms with van der Waals surface area (Å²) in [5, 5.41) is 3.92. The summed E-state index contributed by atoms with van der Waals surface area (Å²) in [6.07, 6.45) is 0. The van der Waals surface area contributed by atoms with Crippen molar-refractivity contribution < 1.29 is 4.74 Å². The van der Waals surface area contributed by atoms with E-state index in [-0.39, 0.29) is 0 Å². The molecule has 0 saturated carbocycles. The molecule has 2 heteroatoms. The van der Waals surface area contributed by atoms with Crippen molar-refractivity contribution in [2.75, 3.05) is 7.11 Å². The van der Waals surface area contributed by atoms with Gasteiger partial charge in [0, 0.05) is 0 Å². The maximum absolute atomic E-state index is 5.28. The Morgan fingerprint density at radius 2 is 1.55 bits per heavy atom. The van der Waals surface area contributed by atoms with Gasteiger partial charge >= 0.3 is 72.8 Å². The fourth-order valence-electron chi connectivity index (χ4n) is 1.56. The van der Waals surface area contributed by atoms with Gasteiger partial charge in [-0.3, -0.25) is 0 Å². The zero-order chi connectivity index (χ0) is 8.91. The molecule has 0 aliphatic heterocycles. The molecule has 0 bridgehead atoms. The van der Waals surface area contributed by atoms with Crippen molar-refractivity contribution >= 4 is 13.3 Å². The normalized spacial score (nSPS) is 11.3. The molecule has 0 aliphatic carbocycles. The summed E-state index contributed by atoms with van der Waals surface area (Å²) >= 11 is -1.75. The molecule has 66 valence electrons. The van der Waals surface area contributed by atoms with Gasteiger partial charge in [-0.25, -0.2) is 0 Å². The number of hydrogen-bond acceptors (Lipinski definition) is 1. The second-order valence-corrected chi connectivity index (χ2v) is 14.0. The average Bonchev–Trinajstić information content (AvgIpc) is 2.08. The van der Waals surface area contributed by atoms with Gasteiger partial charge in [0.2, 0.25) is 0 Å². The predicted molar refractivity (Wildman–Crippen MR) is 53.3 cm³/mol. The van der Waals surface area contributed by atoms with Gasteiger partial charge in [-0.2, -0.15) is 0 Å². The third-order valence-corrected chi connectivity index (χ3v) is 14.3. The monoisotopic (exact) mass is 218 g/mol. The van der Waals surface area contributed by atoms with E-state index in [1.54, 1.807) is 7.11 Å². The summed E-state index contributed by atoms with van der Waals surface area (Å²) < 4.78 is 6.40. The second kappa shape index (κ2) is 4.86. The van der Waals surface area contributed by atoms with Crippen LogP contribution in [0.4, 0.5) is 0 Å². The Bertz CT molecular complexity index is 119. The molecule has 0 aromatic carbocycles. The number of methoxy groups -OCH3 is 1. The predicted octanol–water partition coefficient (Wildman–Crippen LogP) is 3.19. The van der Waals surface area contributed by atoms with Crippen molar-refractivity contribution in [3.8, 4) is 0 Å². The molecule has 0 fully saturated rings. The van der Waals surface area contributed by atoms with Crippen LogP contribution in [-0.2, 0) is 4.74 Å². The maximum atomic E-state index is 5.28. The fraction of sp³-hybridized carbons (Fsp3) is 0.778. The molecule has 0 spiro atoms. The van der Waals surface area contributed by atoms with E-state index in [4.69, 9.17) is 4.74 Å². The Kier molecular flexibility index (Phi) is 4.90. The van der Waals surface area contributed by atoms with Crippen LogP contribution in [0.2, 0.25) is 15.8 Å². The SMILES string of the molecule is C=[C](OC)[Ge]([CH2]C)([CH2]C)[CH2]C. The van der Waals surface area contributed by atoms with Gasteiger partial charge in [0.15, 0.2) is 0 Å². The quantitative estimate of drug-likeness (QED) is 0.507. The van der Waals surface area contributed by atoms with E-state index in [0.29, 0.717) is 0 Å². The zero-order valence-corrected chi connectivity index (χ0v) is 10.3. The van der Waals surface area contributed by atoms with Gasteiger partial charge in [0.05, 0.1) is 0 Å². The second-order valence-electron chi connectivity index (χ2n) is 2.97. The molecular weight excluding hydrogens is 197 g/mol. The molecule has 1 nitrogen and oxygen atoms in total. The molecule has 0 N–H and O–H groups in total. The molecule has 0 unspecified atom stereocenters. The van der Waals surface area contributed by atoms with Crippen molar-refractivity contribution in [3.05, 3.63) is 11.2 Å². The Balaban J connectivity index is 4.39. The van der Waals surface area contributed by atoms with Crippen LogP contribution < -0.4 is 0 Å². The Morgan fingerprint density at radius 1 is 1.18 bits per heavy atom. The van der Waals surface area contributed by atoms with Crippen molar-refractivity contribution in [1.82, 2.24) is 0 Å². The molecule has 0 aromatic rings. The van der Waals surface area contributed by atoms with Crippen LogP contribution in [0.25, 0.3) is 0 Å². The summed E-state index contributed by atoms with van der Waals surface area (Å²) in [5.74, 6) is 0. The van der Waals surface area contributed by atoms with Crippen LogP contribution in [0.15, 0.2) is 11.2 Å². The van der Waals surface area contributed by atoms with E-state index in [9.17, 15) is 0 Å². The molecule has 0 saturated heterocycles. The van der Waals surface area contributed by atoms with Crippen LogP contribution in [-0.4, -0.2) is 20.4 Å². The summed E-state index contributed by atoms with van der Waals surface area (Å²) in [4.78, 5) is 0. The summed E-state index contributed by atoms with van der Waals surface area (Å²) in [6, 6.07) is 0. The average molecular weight is 217 g/mol. The topological polar surface area (TPSA) is 9.23 Å². The van der Waals surface area contributed by atoms with Crippen molar-refractivity contribution in [1.29, 1.82) is 0 Å². The number of ether oxygens (including phenoxy) is 1. The first-order valence-corrected chi connectivity index (χ1v) is 9.90. The Morgan fingerprint density at radius 3 is 1.64 bits per heavy atom. The van der Waals surface area contributed by atoms with Gasteiger partial charge in [0.1, 0.15) is 0 Å². The first kappa shape index (κ1) is 11.1. The van der Waals surface area contributed by atoms with Crippen molar-refractivity contribution in [2.24, 2.45) is 0 Å². The van der Waals surface area contributed by atoms with Crippen molar-refractivity contribution in [2.45, 2.75) is 36.5 Å². The number of hydrogen-bond donors (Lipinski definition) is 0. The minimum absolute atomic E-state index is 1.12. The van der Waals surface area contributed by atoms with Crippen molar-refractivity contribution in [3.63, 3.8) is 0 Å². The first-order chi connectivity index (χ1) is 5.16. The molecule has 11 heavy (non-hydrogen) atoms. The van der Waals surface area contributed by atoms with E-state index < -0.39 is 13.3 Å². The molecule has 0 amide bonds. The van der Waals surface area contributed by atoms with Crippen LogP contribution in [0.1, 0.15) is 20.8 Å². The molecular formula is C9H20GeO. The number of rotatable bonds is 5. The zero-order valence-electron chi connectivity index (χ0n) is 8.24. The first-order valence-electron chi connectivity index (χ1n) is 4.40. The summed E-state index contributed by atoms with van der Waals surface area (Å²) in [7, 11) is 1.75. The van der Waals surface area contributed by atoms with E-state index in [1.165, 1.54) is 15.8 Å². The standard InChI is InChI=1S/C9H20GeO/c1-6-10(7-2,8-3)9(4)11-5/h4,6-8H2,1-3,5H3. The fourth-order valence-corrected chi connectivity index (χ4v) is 8.10. The molecule has 0 atom stereocenters. The van der Waals surface area contributed by atoms with E-state index in [0.717, 1.165) is 4.59 Å². The van der Waals surface area contributed by atoms with Gasteiger partial charge in [0.25, 0.3) is 0 Å². The molecule has 0 heterocycles. The van der Waals surface area contributed by atoms with Gasteiger partial charge in [-0.05, 0) is 0 Å². The van der Waals surface area contributed by atoms with Gasteiger partial charge in [-0.1, -0.05) is 0 Å². The summed E-state index contributed by atoms with van der Waals surface area (Å²) in [6.45, 7) is 10.8. The minimum atomic E-state index is -1.75. The molecule has 0 aromatic heterocycles.